The molecule has 1 aromatic rings. The molecule has 1 heterocycles. The molecular formula is C7H12N2OS. The molecule has 0 bridgehead atoms. The molecule has 1 atom stereocenters. The molecule has 1 rings (SSSR count). The Morgan fingerprint density at radius 2 is 2.27 bits per heavy atom. The van der Waals surface area contributed by atoms with Crippen LogP contribution in [0, 0.1) is 6.92 Å². The molecule has 2 N–H and O–H groups in total. The minimum absolute atomic E-state index is 0.00449. The summed E-state index contributed by atoms with van der Waals surface area (Å²) in [6, 6.07) is -0.00449. The van der Waals surface area contributed by atoms with Crippen LogP contribution in [0.25, 0.3) is 0 Å². The van der Waals surface area contributed by atoms with Crippen LogP contribution in [-0.4, -0.2) is 12.1 Å². The topological polar surface area (TPSA) is 48.1 Å². The van der Waals surface area contributed by atoms with Crippen molar-refractivity contribution >= 4 is 11.3 Å². The number of hydrogen-bond donors (Lipinski definition) is 1. The molecule has 0 saturated carbocycles. The van der Waals surface area contributed by atoms with Gasteiger partial charge in [-0.1, -0.05) is 11.3 Å². The maximum atomic E-state index is 5.67. The fourth-order valence-corrected chi connectivity index (χ4v) is 1.72. The molecule has 0 aliphatic rings. The van der Waals surface area contributed by atoms with Gasteiger partial charge in [0.15, 0.2) is 0 Å². The summed E-state index contributed by atoms with van der Waals surface area (Å²) in [7, 11) is 1.61. The number of rotatable bonds is 2. The van der Waals surface area contributed by atoms with E-state index in [1.54, 1.807) is 7.11 Å². The highest BCUT2D eigenvalue weighted by molar-refractivity contribution is 7.13. The van der Waals surface area contributed by atoms with Crippen molar-refractivity contribution in [1.82, 2.24) is 4.98 Å². The first-order chi connectivity index (χ1) is 5.15. The quantitative estimate of drug-likeness (QED) is 0.735. The summed E-state index contributed by atoms with van der Waals surface area (Å²) in [5.74, 6) is 0. The van der Waals surface area contributed by atoms with Crippen molar-refractivity contribution in [1.29, 1.82) is 0 Å². The minimum atomic E-state index is -0.00449. The van der Waals surface area contributed by atoms with E-state index >= 15 is 0 Å². The number of thiazole rings is 1. The standard InChI is InChI=1S/C7H12N2OS/c1-4(8)6-5(2)11-7(9-6)10-3/h4H,8H2,1-3H3. The number of nitrogens with zero attached hydrogens (tertiary/aromatic N) is 1. The number of hydrogen-bond acceptors (Lipinski definition) is 4. The smallest absolute Gasteiger partial charge is 0.273 e. The summed E-state index contributed by atoms with van der Waals surface area (Å²) in [6.07, 6.45) is 0. The largest absolute Gasteiger partial charge is 0.473 e. The fourth-order valence-electron chi connectivity index (χ4n) is 0.893. The van der Waals surface area contributed by atoms with Crippen molar-refractivity contribution in [3.63, 3.8) is 0 Å². The molecule has 0 aliphatic heterocycles. The fraction of sp³-hybridized carbons (Fsp3) is 0.571. The zero-order valence-corrected chi connectivity index (χ0v) is 7.73. The van der Waals surface area contributed by atoms with Crippen LogP contribution in [0.3, 0.4) is 0 Å². The van der Waals surface area contributed by atoms with Crippen molar-refractivity contribution in [3.05, 3.63) is 10.6 Å². The van der Waals surface area contributed by atoms with Crippen LogP contribution in [-0.2, 0) is 0 Å². The van der Waals surface area contributed by atoms with Gasteiger partial charge in [-0.15, -0.1) is 0 Å². The molecule has 3 nitrogen and oxygen atoms in total. The van der Waals surface area contributed by atoms with Gasteiger partial charge in [0.2, 0.25) is 0 Å². The van der Waals surface area contributed by atoms with Gasteiger partial charge in [-0.25, -0.2) is 4.98 Å². The molecule has 0 spiro atoms. The Hall–Kier alpha value is -0.610. The normalized spacial score (nSPS) is 13.1. The molecule has 0 amide bonds. The van der Waals surface area contributed by atoms with Crippen LogP contribution < -0.4 is 10.5 Å². The molecule has 0 fully saturated rings. The van der Waals surface area contributed by atoms with Gasteiger partial charge >= 0.3 is 0 Å². The molecule has 62 valence electrons. The van der Waals surface area contributed by atoms with Gasteiger partial charge in [0.25, 0.3) is 5.19 Å². The van der Waals surface area contributed by atoms with Crippen LogP contribution in [0.1, 0.15) is 23.5 Å². The second kappa shape index (κ2) is 3.19. The van der Waals surface area contributed by atoms with Crippen LogP contribution in [0.2, 0.25) is 0 Å². The maximum absolute atomic E-state index is 5.67. The Labute approximate surface area is 70.2 Å². The van der Waals surface area contributed by atoms with E-state index in [9.17, 15) is 0 Å². The van der Waals surface area contributed by atoms with Crippen LogP contribution >= 0.6 is 11.3 Å². The average molecular weight is 172 g/mol. The monoisotopic (exact) mass is 172 g/mol. The lowest BCUT2D eigenvalue weighted by atomic mass is 10.2. The van der Waals surface area contributed by atoms with Crippen molar-refractivity contribution < 1.29 is 4.74 Å². The maximum Gasteiger partial charge on any atom is 0.273 e. The first-order valence-corrected chi connectivity index (χ1v) is 4.23. The Kier molecular flexibility index (Phi) is 2.46. The lowest BCUT2D eigenvalue weighted by molar-refractivity contribution is 0.410. The molecule has 1 aromatic heterocycles. The van der Waals surface area contributed by atoms with Crippen molar-refractivity contribution in [2.24, 2.45) is 5.73 Å². The molecule has 1 unspecified atom stereocenters. The molecule has 0 aromatic carbocycles. The molecule has 0 aliphatic carbocycles. The first kappa shape index (κ1) is 8.49. The summed E-state index contributed by atoms with van der Waals surface area (Å²) in [4.78, 5) is 5.34. The van der Waals surface area contributed by atoms with Crippen LogP contribution in [0.4, 0.5) is 0 Å². The summed E-state index contributed by atoms with van der Waals surface area (Å²) in [5, 5.41) is 0.690. The lowest BCUT2D eigenvalue weighted by Crippen LogP contribution is -2.06. The van der Waals surface area contributed by atoms with Gasteiger partial charge in [0, 0.05) is 10.9 Å². The van der Waals surface area contributed by atoms with Crippen LogP contribution in [0.15, 0.2) is 0 Å². The highest BCUT2D eigenvalue weighted by Gasteiger charge is 2.10. The predicted molar refractivity (Wildman–Crippen MR) is 46.0 cm³/mol. The second-order valence-electron chi connectivity index (χ2n) is 2.41. The van der Waals surface area contributed by atoms with E-state index in [2.05, 4.69) is 4.98 Å². The average Bonchev–Trinajstić information content (AvgIpc) is 2.30. The lowest BCUT2D eigenvalue weighted by Gasteiger charge is -1.99. The Bertz CT molecular complexity index is 245. The SMILES string of the molecule is COc1nc(C(C)N)c(C)s1. The zero-order valence-electron chi connectivity index (χ0n) is 6.92. The van der Waals surface area contributed by atoms with Gasteiger partial charge in [0.05, 0.1) is 12.8 Å². The van der Waals surface area contributed by atoms with Gasteiger partial charge in [-0.3, -0.25) is 0 Å². The summed E-state index contributed by atoms with van der Waals surface area (Å²) in [6.45, 7) is 3.92. The summed E-state index contributed by atoms with van der Waals surface area (Å²) in [5.41, 5.74) is 6.61. The number of aromatic nitrogens is 1. The minimum Gasteiger partial charge on any atom is -0.473 e. The first-order valence-electron chi connectivity index (χ1n) is 3.42. The Balaban J connectivity index is 2.97. The van der Waals surface area contributed by atoms with Crippen molar-refractivity contribution in [2.75, 3.05) is 7.11 Å². The summed E-state index contributed by atoms with van der Waals surface area (Å²) >= 11 is 1.53. The second-order valence-corrected chi connectivity index (χ2v) is 3.58. The van der Waals surface area contributed by atoms with E-state index in [1.807, 2.05) is 13.8 Å². The van der Waals surface area contributed by atoms with Crippen LogP contribution in [0.5, 0.6) is 5.19 Å². The highest BCUT2D eigenvalue weighted by atomic mass is 32.1. The van der Waals surface area contributed by atoms with E-state index < -0.39 is 0 Å². The molecule has 0 saturated heterocycles. The number of methoxy groups -OCH3 is 1. The third-order valence-electron chi connectivity index (χ3n) is 1.42. The predicted octanol–water partition coefficient (Wildman–Crippen LogP) is 1.48. The highest BCUT2D eigenvalue weighted by Crippen LogP contribution is 2.26. The van der Waals surface area contributed by atoms with E-state index in [4.69, 9.17) is 10.5 Å². The Morgan fingerprint density at radius 1 is 1.64 bits per heavy atom. The van der Waals surface area contributed by atoms with E-state index in [0.717, 1.165) is 10.6 Å². The summed E-state index contributed by atoms with van der Waals surface area (Å²) < 4.78 is 4.98. The molecular weight excluding hydrogens is 160 g/mol. The van der Waals surface area contributed by atoms with Crippen molar-refractivity contribution in [3.8, 4) is 5.19 Å². The van der Waals surface area contributed by atoms with E-state index in [0.29, 0.717) is 5.19 Å². The van der Waals surface area contributed by atoms with Crippen molar-refractivity contribution in [2.45, 2.75) is 19.9 Å². The number of nitrogens with two attached hydrogens (primary N) is 1. The molecule has 11 heavy (non-hydrogen) atoms. The van der Waals surface area contributed by atoms with Gasteiger partial charge in [0.1, 0.15) is 0 Å². The number of aryl methyl sites for hydroxylation is 1. The van der Waals surface area contributed by atoms with Gasteiger partial charge in [-0.05, 0) is 13.8 Å². The third-order valence-corrected chi connectivity index (χ3v) is 2.37. The third kappa shape index (κ3) is 1.70. The van der Waals surface area contributed by atoms with E-state index in [1.165, 1.54) is 11.3 Å². The zero-order chi connectivity index (χ0) is 8.43. The molecule has 0 radical (unpaired) electrons. The molecule has 4 heteroatoms. The van der Waals surface area contributed by atoms with Gasteiger partial charge in [-0.2, -0.15) is 0 Å². The Morgan fingerprint density at radius 3 is 2.55 bits per heavy atom. The number of ether oxygens (including phenoxy) is 1. The van der Waals surface area contributed by atoms with Gasteiger partial charge < -0.3 is 10.5 Å². The van der Waals surface area contributed by atoms with E-state index in [-0.39, 0.29) is 6.04 Å².